The van der Waals surface area contributed by atoms with Crippen LogP contribution in [0.5, 0.6) is 5.75 Å². The summed E-state index contributed by atoms with van der Waals surface area (Å²) in [7, 11) is 0. The highest BCUT2D eigenvalue weighted by Crippen LogP contribution is 2.30. The first-order valence-electron chi connectivity index (χ1n) is 7.00. The van der Waals surface area contributed by atoms with E-state index in [1.54, 1.807) is 12.1 Å². The van der Waals surface area contributed by atoms with E-state index in [-0.39, 0.29) is 5.56 Å². The number of rotatable bonds is 5. The van der Waals surface area contributed by atoms with Gasteiger partial charge in [0.1, 0.15) is 5.75 Å². The maximum absolute atomic E-state index is 11.5. The van der Waals surface area contributed by atoms with Crippen molar-refractivity contribution in [3.8, 4) is 5.75 Å². The van der Waals surface area contributed by atoms with Gasteiger partial charge in [0, 0.05) is 30.1 Å². The number of fused-ring (bicyclic) bond motifs is 1. The van der Waals surface area contributed by atoms with Crippen LogP contribution in [0.2, 0.25) is 0 Å². The van der Waals surface area contributed by atoms with Crippen LogP contribution in [0.1, 0.15) is 42.7 Å². The lowest BCUT2D eigenvalue weighted by molar-refractivity contribution is -0.131. The van der Waals surface area contributed by atoms with Gasteiger partial charge >= 0.3 is 11.9 Å². The molecule has 0 unspecified atom stereocenters. The van der Waals surface area contributed by atoms with Crippen LogP contribution < -0.4 is 4.74 Å². The van der Waals surface area contributed by atoms with Gasteiger partial charge in [-0.05, 0) is 31.5 Å². The fourth-order valence-corrected chi connectivity index (χ4v) is 2.57. The van der Waals surface area contributed by atoms with E-state index in [4.69, 9.17) is 4.74 Å². The maximum Gasteiger partial charge on any atom is 0.338 e. The summed E-state index contributed by atoms with van der Waals surface area (Å²) in [6, 6.07) is 5.12. The molecule has 1 aromatic heterocycles. The first-order chi connectivity index (χ1) is 9.95. The molecule has 112 valence electrons. The SMILES string of the molecule is CCCCn1c(C)c(C(=O)O)c2cc(OC(C)=O)ccc21. The van der Waals surface area contributed by atoms with E-state index in [0.29, 0.717) is 11.1 Å². The molecule has 0 bridgehead atoms. The molecule has 0 aliphatic rings. The average Bonchev–Trinajstić information content (AvgIpc) is 2.67. The van der Waals surface area contributed by atoms with E-state index in [0.717, 1.165) is 30.6 Å². The maximum atomic E-state index is 11.5. The molecule has 5 heteroatoms. The van der Waals surface area contributed by atoms with Gasteiger partial charge in [0.2, 0.25) is 0 Å². The van der Waals surface area contributed by atoms with Crippen molar-refractivity contribution in [1.82, 2.24) is 4.57 Å². The number of carboxylic acid groups (broad SMARTS) is 1. The van der Waals surface area contributed by atoms with Crippen LogP contribution in [0, 0.1) is 6.92 Å². The Labute approximate surface area is 123 Å². The number of nitrogens with zero attached hydrogens (tertiary/aromatic N) is 1. The van der Waals surface area contributed by atoms with Crippen LogP contribution >= 0.6 is 0 Å². The number of carbonyl (C=O) groups is 2. The molecule has 0 fully saturated rings. The largest absolute Gasteiger partial charge is 0.478 e. The Kier molecular flexibility index (Phi) is 4.31. The van der Waals surface area contributed by atoms with Gasteiger partial charge in [-0.3, -0.25) is 4.79 Å². The van der Waals surface area contributed by atoms with Crippen LogP contribution in [-0.4, -0.2) is 21.6 Å². The summed E-state index contributed by atoms with van der Waals surface area (Å²) in [5.74, 6) is -1.02. The van der Waals surface area contributed by atoms with Gasteiger partial charge in [-0.2, -0.15) is 0 Å². The monoisotopic (exact) mass is 289 g/mol. The molecular formula is C16H19NO4. The molecule has 0 aliphatic carbocycles. The number of aryl methyl sites for hydroxylation is 1. The summed E-state index contributed by atoms with van der Waals surface area (Å²) < 4.78 is 7.06. The molecule has 0 saturated carbocycles. The fraction of sp³-hybridized carbons (Fsp3) is 0.375. The molecule has 0 spiro atoms. The Morgan fingerprint density at radius 3 is 2.62 bits per heavy atom. The Hall–Kier alpha value is -2.30. The van der Waals surface area contributed by atoms with E-state index >= 15 is 0 Å². The smallest absolute Gasteiger partial charge is 0.338 e. The van der Waals surface area contributed by atoms with Crippen LogP contribution in [0.25, 0.3) is 10.9 Å². The third-order valence-electron chi connectivity index (χ3n) is 3.51. The highest BCUT2D eigenvalue weighted by Gasteiger charge is 2.19. The predicted molar refractivity (Wildman–Crippen MR) is 79.9 cm³/mol. The molecule has 2 rings (SSSR count). The summed E-state index contributed by atoms with van der Waals surface area (Å²) in [4.78, 5) is 22.6. The second-order valence-corrected chi connectivity index (χ2v) is 5.04. The minimum atomic E-state index is -0.965. The molecule has 0 amide bonds. The van der Waals surface area contributed by atoms with Crippen molar-refractivity contribution in [2.24, 2.45) is 0 Å². The minimum absolute atomic E-state index is 0.273. The average molecular weight is 289 g/mol. The minimum Gasteiger partial charge on any atom is -0.478 e. The number of hydrogen-bond donors (Lipinski definition) is 1. The van der Waals surface area contributed by atoms with Crippen molar-refractivity contribution in [3.05, 3.63) is 29.5 Å². The van der Waals surface area contributed by atoms with E-state index in [1.807, 2.05) is 17.6 Å². The summed E-state index contributed by atoms with van der Waals surface area (Å²) in [6.07, 6.45) is 2.02. The number of esters is 1. The summed E-state index contributed by atoms with van der Waals surface area (Å²) in [5, 5.41) is 10.1. The highest BCUT2D eigenvalue weighted by molar-refractivity contribution is 6.05. The lowest BCUT2D eigenvalue weighted by atomic mass is 10.1. The van der Waals surface area contributed by atoms with Gasteiger partial charge in [-0.1, -0.05) is 13.3 Å². The molecular weight excluding hydrogens is 270 g/mol. The quantitative estimate of drug-likeness (QED) is 0.677. The summed E-state index contributed by atoms with van der Waals surface area (Å²) in [6.45, 7) is 6.00. The number of carbonyl (C=O) groups excluding carboxylic acids is 1. The molecule has 1 N–H and O–H groups in total. The second-order valence-electron chi connectivity index (χ2n) is 5.04. The van der Waals surface area contributed by atoms with Crippen LogP contribution in [0.3, 0.4) is 0 Å². The Balaban J connectivity index is 2.62. The molecule has 0 saturated heterocycles. The van der Waals surface area contributed by atoms with Gasteiger partial charge in [-0.15, -0.1) is 0 Å². The van der Waals surface area contributed by atoms with Gasteiger partial charge in [0.05, 0.1) is 5.56 Å². The molecule has 1 heterocycles. The van der Waals surface area contributed by atoms with Gasteiger partial charge < -0.3 is 14.4 Å². The fourth-order valence-electron chi connectivity index (χ4n) is 2.57. The number of carboxylic acids is 1. The molecule has 5 nitrogen and oxygen atoms in total. The Morgan fingerprint density at radius 2 is 2.05 bits per heavy atom. The zero-order valence-corrected chi connectivity index (χ0v) is 12.5. The third-order valence-corrected chi connectivity index (χ3v) is 3.51. The molecule has 2 aromatic rings. The predicted octanol–water partition coefficient (Wildman–Crippen LogP) is 3.37. The number of ether oxygens (including phenoxy) is 1. The Morgan fingerprint density at radius 1 is 1.33 bits per heavy atom. The molecule has 1 aromatic carbocycles. The zero-order valence-electron chi connectivity index (χ0n) is 12.5. The molecule has 21 heavy (non-hydrogen) atoms. The zero-order chi connectivity index (χ0) is 15.6. The Bertz CT molecular complexity index is 700. The van der Waals surface area contributed by atoms with Gasteiger partial charge in [0.15, 0.2) is 0 Å². The number of aromatic nitrogens is 1. The molecule has 0 aliphatic heterocycles. The van der Waals surface area contributed by atoms with E-state index in [1.165, 1.54) is 6.92 Å². The van der Waals surface area contributed by atoms with E-state index in [2.05, 4.69) is 6.92 Å². The summed E-state index contributed by atoms with van der Waals surface area (Å²) in [5.41, 5.74) is 1.86. The molecule has 0 atom stereocenters. The second kappa shape index (κ2) is 5.99. The van der Waals surface area contributed by atoms with Gasteiger partial charge in [-0.25, -0.2) is 4.79 Å². The number of benzene rings is 1. The van der Waals surface area contributed by atoms with E-state index < -0.39 is 11.9 Å². The number of aromatic carboxylic acids is 1. The van der Waals surface area contributed by atoms with Crippen LogP contribution in [0.15, 0.2) is 18.2 Å². The third kappa shape index (κ3) is 2.91. The lowest BCUT2D eigenvalue weighted by Gasteiger charge is -2.07. The normalized spacial score (nSPS) is 10.8. The van der Waals surface area contributed by atoms with Crippen LogP contribution in [0.4, 0.5) is 0 Å². The summed E-state index contributed by atoms with van der Waals surface area (Å²) >= 11 is 0. The van der Waals surface area contributed by atoms with Crippen molar-refractivity contribution in [2.45, 2.75) is 40.2 Å². The molecule has 0 radical (unpaired) electrons. The van der Waals surface area contributed by atoms with Gasteiger partial charge in [0.25, 0.3) is 0 Å². The first-order valence-corrected chi connectivity index (χ1v) is 7.00. The van der Waals surface area contributed by atoms with Crippen molar-refractivity contribution in [2.75, 3.05) is 0 Å². The highest BCUT2D eigenvalue weighted by atomic mass is 16.5. The standard InChI is InChI=1S/C16H19NO4/c1-4-5-8-17-10(2)15(16(19)20)13-9-12(21-11(3)18)6-7-14(13)17/h6-7,9H,4-5,8H2,1-3H3,(H,19,20). The first kappa shape index (κ1) is 15.1. The lowest BCUT2D eigenvalue weighted by Crippen LogP contribution is -2.03. The number of unbranched alkanes of at least 4 members (excludes halogenated alkanes) is 1. The van der Waals surface area contributed by atoms with Crippen molar-refractivity contribution < 1.29 is 19.4 Å². The van der Waals surface area contributed by atoms with Crippen molar-refractivity contribution >= 4 is 22.8 Å². The topological polar surface area (TPSA) is 68.5 Å². The van der Waals surface area contributed by atoms with Crippen molar-refractivity contribution in [1.29, 1.82) is 0 Å². The van der Waals surface area contributed by atoms with E-state index in [9.17, 15) is 14.7 Å². The number of hydrogen-bond acceptors (Lipinski definition) is 3. The van der Waals surface area contributed by atoms with Crippen LogP contribution in [-0.2, 0) is 11.3 Å². The van der Waals surface area contributed by atoms with Crippen molar-refractivity contribution in [3.63, 3.8) is 0 Å².